The molecule has 7 heteroatoms. The van der Waals surface area contributed by atoms with Gasteiger partial charge in [0.05, 0.1) is 10.9 Å². The van der Waals surface area contributed by atoms with Crippen LogP contribution in [0.1, 0.15) is 16.6 Å². The fraction of sp³-hybridized carbons (Fsp3) is 0.273. The second-order valence-electron chi connectivity index (χ2n) is 3.63. The van der Waals surface area contributed by atoms with Crippen LogP contribution in [0.5, 0.6) is 5.88 Å². The summed E-state index contributed by atoms with van der Waals surface area (Å²) in [5.41, 5.74) is 7.04. The molecule has 2 aromatic rings. The lowest BCUT2D eigenvalue weighted by atomic mass is 10.1. The van der Waals surface area contributed by atoms with E-state index in [1.807, 2.05) is 6.07 Å². The molecule has 0 saturated heterocycles. The molecule has 0 amide bonds. The van der Waals surface area contributed by atoms with Crippen LogP contribution in [0.4, 0.5) is 0 Å². The van der Waals surface area contributed by atoms with Crippen molar-refractivity contribution in [3.63, 3.8) is 0 Å². The Morgan fingerprint density at radius 1 is 1.39 bits per heavy atom. The van der Waals surface area contributed by atoms with Crippen LogP contribution in [0, 0.1) is 0 Å². The van der Waals surface area contributed by atoms with Crippen molar-refractivity contribution < 1.29 is 4.74 Å². The Labute approximate surface area is 126 Å². The minimum absolute atomic E-state index is 0.0859. The first kappa shape index (κ1) is 13.9. The number of halogens is 2. The average molecular weight is 393 g/mol. The first-order valence-corrected chi connectivity index (χ1v) is 7.55. The van der Waals surface area contributed by atoms with Crippen molar-refractivity contribution in [3.8, 4) is 5.88 Å². The Kier molecular flexibility index (Phi) is 4.71. The van der Waals surface area contributed by atoms with E-state index < -0.39 is 0 Å². The third kappa shape index (κ3) is 3.28. The van der Waals surface area contributed by atoms with Crippen molar-refractivity contribution in [1.82, 2.24) is 9.97 Å². The predicted molar refractivity (Wildman–Crippen MR) is 78.9 cm³/mol. The molecule has 1 atom stereocenters. The molecule has 2 aromatic heterocycles. The lowest BCUT2D eigenvalue weighted by Gasteiger charge is -2.09. The molecule has 4 nitrogen and oxygen atoms in total. The van der Waals surface area contributed by atoms with Crippen molar-refractivity contribution in [2.75, 3.05) is 7.11 Å². The van der Waals surface area contributed by atoms with Crippen molar-refractivity contribution in [2.45, 2.75) is 12.5 Å². The number of hydrogen-bond donors (Lipinski definition) is 1. The van der Waals surface area contributed by atoms with Crippen LogP contribution in [0.2, 0.25) is 0 Å². The second-order valence-corrected chi connectivity index (χ2v) is 6.89. The third-order valence-electron chi connectivity index (χ3n) is 2.37. The number of nitrogens with two attached hydrogens (primary N) is 1. The Morgan fingerprint density at radius 2 is 2.17 bits per heavy atom. The van der Waals surface area contributed by atoms with E-state index in [-0.39, 0.29) is 6.04 Å². The zero-order valence-electron chi connectivity index (χ0n) is 9.56. The Morgan fingerprint density at radius 3 is 2.78 bits per heavy atom. The highest BCUT2D eigenvalue weighted by molar-refractivity contribution is 9.13. The molecule has 0 fully saturated rings. The molecule has 0 aliphatic carbocycles. The smallest absolute Gasteiger partial charge is 0.216 e. The number of ether oxygens (including phenoxy) is 1. The Balaban J connectivity index is 2.13. The highest BCUT2D eigenvalue weighted by Crippen LogP contribution is 2.35. The first-order chi connectivity index (χ1) is 8.60. The first-order valence-electron chi connectivity index (χ1n) is 5.15. The van der Waals surface area contributed by atoms with E-state index in [1.165, 1.54) is 6.33 Å². The standard InChI is InChI=1S/C11H11Br2N3OS/c1-17-10-3-6(15-5-16-10)2-8(14)9-4-7(12)11(13)18-9/h3-5,8H,2,14H2,1H3. The van der Waals surface area contributed by atoms with Gasteiger partial charge < -0.3 is 10.5 Å². The summed E-state index contributed by atoms with van der Waals surface area (Å²) in [7, 11) is 1.58. The SMILES string of the molecule is COc1cc(CC(N)c2cc(Br)c(Br)s2)ncn1. The van der Waals surface area contributed by atoms with Gasteiger partial charge in [0.25, 0.3) is 0 Å². The maximum atomic E-state index is 6.17. The fourth-order valence-electron chi connectivity index (χ4n) is 1.47. The van der Waals surface area contributed by atoms with Gasteiger partial charge in [0.15, 0.2) is 0 Å². The van der Waals surface area contributed by atoms with Crippen molar-refractivity contribution in [3.05, 3.63) is 37.3 Å². The molecule has 2 N–H and O–H groups in total. The van der Waals surface area contributed by atoms with E-state index in [0.29, 0.717) is 12.3 Å². The monoisotopic (exact) mass is 391 g/mol. The maximum Gasteiger partial charge on any atom is 0.216 e. The van der Waals surface area contributed by atoms with Crippen molar-refractivity contribution in [1.29, 1.82) is 0 Å². The minimum Gasteiger partial charge on any atom is -0.481 e. The molecule has 2 rings (SSSR count). The average Bonchev–Trinajstić information content (AvgIpc) is 2.70. The molecule has 2 heterocycles. The van der Waals surface area contributed by atoms with Gasteiger partial charge in [0.2, 0.25) is 5.88 Å². The third-order valence-corrected chi connectivity index (χ3v) is 5.75. The summed E-state index contributed by atoms with van der Waals surface area (Å²) in [4.78, 5) is 9.26. The zero-order valence-corrected chi connectivity index (χ0v) is 13.5. The summed E-state index contributed by atoms with van der Waals surface area (Å²) in [6, 6.07) is 3.74. The van der Waals surface area contributed by atoms with Crippen LogP contribution < -0.4 is 10.5 Å². The van der Waals surface area contributed by atoms with Crippen LogP contribution in [0.25, 0.3) is 0 Å². The van der Waals surface area contributed by atoms with E-state index in [2.05, 4.69) is 41.8 Å². The highest BCUT2D eigenvalue weighted by atomic mass is 79.9. The fourth-order valence-corrected chi connectivity index (χ4v) is 3.56. The van der Waals surface area contributed by atoms with Crippen LogP contribution in [-0.2, 0) is 6.42 Å². The maximum absolute atomic E-state index is 6.17. The predicted octanol–water partition coefficient (Wildman–Crippen LogP) is 3.31. The van der Waals surface area contributed by atoms with Gasteiger partial charge in [0, 0.05) is 33.6 Å². The lowest BCUT2D eigenvalue weighted by molar-refractivity contribution is 0.395. The summed E-state index contributed by atoms with van der Waals surface area (Å²) in [5, 5.41) is 0. The summed E-state index contributed by atoms with van der Waals surface area (Å²) in [5.74, 6) is 0.556. The van der Waals surface area contributed by atoms with E-state index >= 15 is 0 Å². The van der Waals surface area contributed by atoms with E-state index in [4.69, 9.17) is 10.5 Å². The van der Waals surface area contributed by atoms with Crippen molar-refractivity contribution in [2.24, 2.45) is 5.73 Å². The highest BCUT2D eigenvalue weighted by Gasteiger charge is 2.13. The molecule has 0 aromatic carbocycles. The summed E-state index contributed by atoms with van der Waals surface area (Å²) < 4.78 is 7.14. The van der Waals surface area contributed by atoms with Gasteiger partial charge in [-0.25, -0.2) is 9.97 Å². The number of hydrogen-bond acceptors (Lipinski definition) is 5. The summed E-state index contributed by atoms with van der Waals surface area (Å²) in [6.45, 7) is 0. The van der Waals surface area contributed by atoms with E-state index in [0.717, 1.165) is 18.8 Å². The quantitative estimate of drug-likeness (QED) is 0.866. The molecule has 0 aliphatic rings. The van der Waals surface area contributed by atoms with Gasteiger partial charge in [0.1, 0.15) is 6.33 Å². The van der Waals surface area contributed by atoms with Gasteiger partial charge in [-0.3, -0.25) is 0 Å². The number of aromatic nitrogens is 2. The van der Waals surface area contributed by atoms with E-state index in [1.54, 1.807) is 24.5 Å². The molecule has 1 unspecified atom stereocenters. The number of nitrogens with zero attached hydrogens (tertiary/aromatic N) is 2. The van der Waals surface area contributed by atoms with Gasteiger partial charge in [-0.2, -0.15) is 0 Å². The normalized spacial score (nSPS) is 12.4. The van der Waals surface area contributed by atoms with Crippen LogP contribution in [0.3, 0.4) is 0 Å². The summed E-state index contributed by atoms with van der Waals surface area (Å²) >= 11 is 8.54. The van der Waals surface area contributed by atoms with Crippen molar-refractivity contribution >= 4 is 43.2 Å². The molecule has 0 radical (unpaired) electrons. The van der Waals surface area contributed by atoms with Gasteiger partial charge in [-0.15, -0.1) is 11.3 Å². The second kappa shape index (κ2) is 6.10. The van der Waals surface area contributed by atoms with E-state index in [9.17, 15) is 0 Å². The van der Waals surface area contributed by atoms with Gasteiger partial charge >= 0.3 is 0 Å². The number of rotatable bonds is 4. The molecular formula is C11H11Br2N3OS. The van der Waals surface area contributed by atoms with Crippen LogP contribution >= 0.6 is 43.2 Å². The Hall–Kier alpha value is -0.500. The molecular weight excluding hydrogens is 382 g/mol. The Bertz CT molecular complexity index is 527. The zero-order chi connectivity index (χ0) is 13.1. The largest absolute Gasteiger partial charge is 0.481 e. The van der Waals surface area contributed by atoms with Crippen LogP contribution in [-0.4, -0.2) is 17.1 Å². The lowest BCUT2D eigenvalue weighted by Crippen LogP contribution is -2.12. The van der Waals surface area contributed by atoms with Crippen LogP contribution in [0.15, 0.2) is 26.7 Å². The number of thiophene rings is 1. The molecule has 0 saturated carbocycles. The molecule has 0 bridgehead atoms. The molecule has 0 aliphatic heterocycles. The summed E-state index contributed by atoms with van der Waals surface area (Å²) in [6.07, 6.45) is 2.14. The number of methoxy groups -OCH3 is 1. The van der Waals surface area contributed by atoms with Gasteiger partial charge in [-0.1, -0.05) is 0 Å². The van der Waals surface area contributed by atoms with Gasteiger partial charge in [-0.05, 0) is 37.9 Å². The molecule has 0 spiro atoms. The molecule has 18 heavy (non-hydrogen) atoms. The topological polar surface area (TPSA) is 61.0 Å². The minimum atomic E-state index is -0.0859. The molecule has 96 valence electrons.